The molecule has 1 rings (SSSR count). The Morgan fingerprint density at radius 2 is 1.65 bits per heavy atom. The van der Waals surface area contributed by atoms with E-state index in [4.69, 9.17) is 25.8 Å². The highest BCUT2D eigenvalue weighted by Crippen LogP contribution is 2.34. The Labute approximate surface area is 107 Å². The Balaban J connectivity index is 2.98. The monoisotopic (exact) mass is 259 g/mol. The van der Waals surface area contributed by atoms with Crippen molar-refractivity contribution in [1.82, 2.24) is 5.32 Å². The van der Waals surface area contributed by atoms with Crippen molar-refractivity contribution in [3.8, 4) is 17.2 Å². The molecule has 0 aliphatic heterocycles. The maximum absolute atomic E-state index is 5.57. The van der Waals surface area contributed by atoms with Crippen molar-refractivity contribution in [3.63, 3.8) is 0 Å². The Morgan fingerprint density at radius 1 is 1.06 bits per heavy atom. The average molecular weight is 260 g/mol. The number of hydrogen-bond donors (Lipinski definition) is 1. The summed E-state index contributed by atoms with van der Waals surface area (Å²) in [6, 6.07) is 4.12. The lowest BCUT2D eigenvalue weighted by molar-refractivity contribution is 0.368. The van der Waals surface area contributed by atoms with Crippen LogP contribution in [0, 0.1) is 0 Å². The molecule has 0 atom stereocenters. The van der Waals surface area contributed by atoms with Crippen LogP contribution in [-0.4, -0.2) is 33.9 Å². The van der Waals surface area contributed by atoms with Crippen LogP contribution in [0.2, 0.25) is 0 Å². The van der Waals surface area contributed by atoms with Crippen LogP contribution in [0.5, 0.6) is 17.2 Å². The van der Waals surface area contributed by atoms with Crippen molar-refractivity contribution in [1.29, 1.82) is 0 Å². The molecule has 0 aromatic heterocycles. The third kappa shape index (κ3) is 3.68. The van der Waals surface area contributed by atoms with Crippen molar-refractivity contribution in [2.45, 2.75) is 6.42 Å². The number of halogens is 1. The van der Waals surface area contributed by atoms with Crippen molar-refractivity contribution in [2.75, 3.05) is 33.9 Å². The number of benzene rings is 1. The smallest absolute Gasteiger partial charge is 0.129 e. The summed E-state index contributed by atoms with van der Waals surface area (Å²) in [7, 11) is 4.88. The highest BCUT2D eigenvalue weighted by molar-refractivity contribution is 6.17. The topological polar surface area (TPSA) is 39.7 Å². The largest absolute Gasteiger partial charge is 0.496 e. The molecular formula is C12H18ClNO3. The van der Waals surface area contributed by atoms with Crippen molar-refractivity contribution in [2.24, 2.45) is 0 Å². The Hall–Kier alpha value is -1.13. The van der Waals surface area contributed by atoms with Gasteiger partial charge >= 0.3 is 0 Å². The molecule has 96 valence electrons. The molecule has 0 fully saturated rings. The van der Waals surface area contributed by atoms with Gasteiger partial charge in [0, 0.05) is 24.2 Å². The molecule has 1 aromatic carbocycles. The van der Waals surface area contributed by atoms with Crippen LogP contribution in [0.4, 0.5) is 0 Å². The fourth-order valence-corrected chi connectivity index (χ4v) is 1.74. The van der Waals surface area contributed by atoms with Crippen LogP contribution in [0.15, 0.2) is 12.1 Å². The Bertz CT molecular complexity index is 333. The molecule has 0 spiro atoms. The van der Waals surface area contributed by atoms with Gasteiger partial charge in [-0.3, -0.25) is 0 Å². The van der Waals surface area contributed by atoms with Gasteiger partial charge in [0.05, 0.1) is 27.3 Å². The zero-order valence-corrected chi connectivity index (χ0v) is 11.1. The van der Waals surface area contributed by atoms with Crippen molar-refractivity contribution >= 4 is 11.6 Å². The molecule has 0 radical (unpaired) electrons. The van der Waals surface area contributed by atoms with Crippen LogP contribution in [0.3, 0.4) is 0 Å². The fraction of sp³-hybridized carbons (Fsp3) is 0.500. The molecule has 0 heterocycles. The third-order valence-electron chi connectivity index (χ3n) is 2.46. The van der Waals surface area contributed by atoms with Crippen LogP contribution in [-0.2, 0) is 6.42 Å². The summed E-state index contributed by atoms with van der Waals surface area (Å²) >= 11 is 5.57. The van der Waals surface area contributed by atoms with Gasteiger partial charge in [-0.05, 0) is 6.42 Å². The number of alkyl halides is 1. The van der Waals surface area contributed by atoms with E-state index in [1.54, 1.807) is 21.3 Å². The second-order valence-electron chi connectivity index (χ2n) is 3.39. The van der Waals surface area contributed by atoms with E-state index in [1.165, 1.54) is 0 Å². The van der Waals surface area contributed by atoms with Gasteiger partial charge in [-0.15, -0.1) is 11.6 Å². The van der Waals surface area contributed by atoms with Crippen molar-refractivity contribution in [3.05, 3.63) is 17.7 Å². The van der Waals surface area contributed by atoms with Gasteiger partial charge < -0.3 is 19.5 Å². The molecular weight excluding hydrogens is 242 g/mol. The number of methoxy groups -OCH3 is 3. The first-order valence-electron chi connectivity index (χ1n) is 5.32. The number of hydrogen-bond acceptors (Lipinski definition) is 4. The molecule has 0 saturated heterocycles. The first-order valence-corrected chi connectivity index (χ1v) is 5.85. The minimum atomic E-state index is 0.431. The van der Waals surface area contributed by atoms with Gasteiger partial charge in [0.1, 0.15) is 17.2 Å². The molecule has 0 aliphatic carbocycles. The van der Waals surface area contributed by atoms with Crippen LogP contribution >= 0.6 is 11.6 Å². The number of ether oxygens (including phenoxy) is 3. The van der Waals surface area contributed by atoms with E-state index in [1.807, 2.05) is 12.1 Å². The first-order chi connectivity index (χ1) is 8.26. The lowest BCUT2D eigenvalue weighted by Gasteiger charge is -2.15. The summed E-state index contributed by atoms with van der Waals surface area (Å²) in [6.07, 6.45) is 0.781. The minimum Gasteiger partial charge on any atom is -0.496 e. The average Bonchev–Trinajstić information content (AvgIpc) is 2.38. The summed E-state index contributed by atoms with van der Waals surface area (Å²) in [5.74, 6) is 2.24. The summed E-state index contributed by atoms with van der Waals surface area (Å²) in [6.45, 7) is 0.766. The number of nitrogens with one attached hydrogen (secondary N) is 1. The van der Waals surface area contributed by atoms with E-state index >= 15 is 0 Å². The van der Waals surface area contributed by atoms with Gasteiger partial charge in [0.15, 0.2) is 0 Å². The molecule has 0 saturated carbocycles. The van der Waals surface area contributed by atoms with E-state index in [-0.39, 0.29) is 0 Å². The molecule has 4 nitrogen and oxygen atoms in total. The second kappa shape index (κ2) is 7.25. The van der Waals surface area contributed by atoms with Gasteiger partial charge in [0.25, 0.3) is 0 Å². The molecule has 1 aromatic rings. The standard InChI is InChI=1S/C12H18ClNO3/c1-15-9-6-11(16-2)10(4-5-14-8-13)12(7-9)17-3/h6-7,14H,4-5,8H2,1-3H3. The van der Waals surface area contributed by atoms with Crippen molar-refractivity contribution < 1.29 is 14.2 Å². The summed E-state index contributed by atoms with van der Waals surface area (Å²) in [5, 5.41) is 3.05. The van der Waals surface area contributed by atoms with Gasteiger partial charge in [-0.2, -0.15) is 0 Å². The molecule has 5 heteroatoms. The Kier molecular flexibility index (Phi) is 5.94. The zero-order chi connectivity index (χ0) is 12.7. The highest BCUT2D eigenvalue weighted by Gasteiger charge is 2.12. The summed E-state index contributed by atoms with van der Waals surface area (Å²) in [4.78, 5) is 0. The van der Waals surface area contributed by atoms with Gasteiger partial charge in [0.2, 0.25) is 0 Å². The normalized spacial score (nSPS) is 10.1. The Morgan fingerprint density at radius 3 is 2.06 bits per heavy atom. The van der Waals surface area contributed by atoms with Gasteiger partial charge in [-0.25, -0.2) is 0 Å². The molecule has 1 N–H and O–H groups in total. The van der Waals surface area contributed by atoms with E-state index in [0.717, 1.165) is 30.0 Å². The second-order valence-corrected chi connectivity index (χ2v) is 3.66. The summed E-state index contributed by atoms with van der Waals surface area (Å²) in [5.41, 5.74) is 1.01. The SMILES string of the molecule is COc1cc(OC)c(CCNCCl)c(OC)c1. The summed E-state index contributed by atoms with van der Waals surface area (Å²) < 4.78 is 15.9. The maximum atomic E-state index is 5.57. The predicted octanol–water partition coefficient (Wildman–Crippen LogP) is 2.04. The highest BCUT2D eigenvalue weighted by atomic mass is 35.5. The van der Waals surface area contributed by atoms with E-state index in [9.17, 15) is 0 Å². The lowest BCUT2D eigenvalue weighted by Crippen LogP contribution is -2.15. The van der Waals surface area contributed by atoms with E-state index in [0.29, 0.717) is 11.8 Å². The fourth-order valence-electron chi connectivity index (χ4n) is 1.60. The zero-order valence-electron chi connectivity index (χ0n) is 10.4. The molecule has 17 heavy (non-hydrogen) atoms. The van der Waals surface area contributed by atoms with E-state index in [2.05, 4.69) is 5.32 Å². The van der Waals surface area contributed by atoms with Crippen LogP contribution < -0.4 is 19.5 Å². The number of rotatable bonds is 7. The van der Waals surface area contributed by atoms with Crippen LogP contribution in [0.1, 0.15) is 5.56 Å². The van der Waals surface area contributed by atoms with Gasteiger partial charge in [-0.1, -0.05) is 0 Å². The van der Waals surface area contributed by atoms with E-state index < -0.39 is 0 Å². The quantitative estimate of drug-likeness (QED) is 0.462. The minimum absolute atomic E-state index is 0.431. The first kappa shape index (κ1) is 13.9. The molecule has 0 amide bonds. The molecule has 0 aliphatic rings. The third-order valence-corrected chi connectivity index (χ3v) is 2.65. The predicted molar refractivity (Wildman–Crippen MR) is 68.5 cm³/mol. The maximum Gasteiger partial charge on any atom is 0.129 e. The molecule has 0 unspecified atom stereocenters. The molecule has 0 bridgehead atoms. The van der Waals surface area contributed by atoms with Crippen LogP contribution in [0.25, 0.3) is 0 Å². The lowest BCUT2D eigenvalue weighted by atomic mass is 10.1.